The number of halogens is 3. The van der Waals surface area contributed by atoms with Crippen LogP contribution in [0.2, 0.25) is 0 Å². The van der Waals surface area contributed by atoms with Crippen LogP contribution in [0, 0.1) is 0 Å². The molecule has 0 aliphatic heterocycles. The molecule has 0 aliphatic carbocycles. The van der Waals surface area contributed by atoms with Crippen LogP contribution in [-0.2, 0) is 6.18 Å². The van der Waals surface area contributed by atoms with Gasteiger partial charge in [0.05, 0.1) is 6.10 Å². The van der Waals surface area contributed by atoms with Crippen molar-refractivity contribution in [2.75, 3.05) is 0 Å². The van der Waals surface area contributed by atoms with E-state index >= 15 is 0 Å². The zero-order valence-electron chi connectivity index (χ0n) is 7.95. The summed E-state index contributed by atoms with van der Waals surface area (Å²) in [6.45, 7) is 3.29. The molecule has 3 nitrogen and oxygen atoms in total. The second-order valence-electron chi connectivity index (χ2n) is 2.95. The normalized spacial score (nSPS) is 16.4. The van der Waals surface area contributed by atoms with Gasteiger partial charge in [0, 0.05) is 5.25 Å². The number of alkyl halides is 3. The van der Waals surface area contributed by atoms with E-state index < -0.39 is 18.1 Å². The third-order valence-corrected chi connectivity index (χ3v) is 3.71. The van der Waals surface area contributed by atoms with Crippen LogP contribution in [0.1, 0.15) is 19.7 Å². The summed E-state index contributed by atoms with van der Waals surface area (Å²) >= 11 is 1.78. The van der Waals surface area contributed by atoms with Crippen molar-refractivity contribution in [3.05, 3.63) is 5.82 Å². The summed E-state index contributed by atoms with van der Waals surface area (Å²) in [6.07, 6.45) is -5.10. The van der Waals surface area contributed by atoms with Crippen LogP contribution in [-0.4, -0.2) is 25.8 Å². The summed E-state index contributed by atoms with van der Waals surface area (Å²) in [5.41, 5.74) is 0. The summed E-state index contributed by atoms with van der Waals surface area (Å²) in [4.78, 5) is 3.34. The molecule has 0 aliphatic rings. The van der Waals surface area contributed by atoms with Crippen LogP contribution in [0.25, 0.3) is 0 Å². The second-order valence-corrected chi connectivity index (χ2v) is 5.32. The molecule has 86 valence electrons. The first-order valence-electron chi connectivity index (χ1n) is 4.06. The molecule has 0 spiro atoms. The van der Waals surface area contributed by atoms with Crippen molar-refractivity contribution in [3.63, 3.8) is 0 Å². The Morgan fingerprint density at radius 1 is 1.40 bits per heavy atom. The molecule has 2 atom stereocenters. The number of aromatic nitrogens is 2. The zero-order valence-corrected chi connectivity index (χ0v) is 9.58. The standard InChI is InChI=1S/C7H9F3N2OS2/c1-3(13)4(2)14-6-11-5(12-15-6)7(8,9)10/h3-4,13H,1-2H3. The Morgan fingerprint density at radius 2 is 2.00 bits per heavy atom. The number of rotatable bonds is 3. The molecular weight excluding hydrogens is 249 g/mol. The Labute approximate surface area is 92.9 Å². The SMILES string of the molecule is CC(O)C(C)Sc1nc(C(F)(F)F)ns1. The summed E-state index contributed by atoms with van der Waals surface area (Å²) in [5.74, 6) is -1.12. The van der Waals surface area contributed by atoms with Gasteiger partial charge < -0.3 is 5.11 Å². The lowest BCUT2D eigenvalue weighted by molar-refractivity contribution is -0.144. The number of aliphatic hydroxyl groups is 1. The van der Waals surface area contributed by atoms with Crippen molar-refractivity contribution >= 4 is 23.3 Å². The quantitative estimate of drug-likeness (QED) is 0.846. The van der Waals surface area contributed by atoms with Crippen LogP contribution in [0.15, 0.2) is 4.34 Å². The van der Waals surface area contributed by atoms with Gasteiger partial charge in [0.1, 0.15) is 0 Å². The molecule has 0 saturated carbocycles. The average molecular weight is 258 g/mol. The van der Waals surface area contributed by atoms with Crippen molar-refractivity contribution in [3.8, 4) is 0 Å². The van der Waals surface area contributed by atoms with Gasteiger partial charge in [-0.3, -0.25) is 0 Å². The molecule has 1 aromatic rings. The molecule has 0 bridgehead atoms. The highest BCUT2D eigenvalue weighted by atomic mass is 32.2. The van der Waals surface area contributed by atoms with Crippen molar-refractivity contribution in [1.82, 2.24) is 9.36 Å². The van der Waals surface area contributed by atoms with Crippen LogP contribution in [0.3, 0.4) is 0 Å². The molecule has 0 saturated heterocycles. The minimum absolute atomic E-state index is 0.209. The van der Waals surface area contributed by atoms with Crippen LogP contribution < -0.4 is 0 Å². The lowest BCUT2D eigenvalue weighted by Gasteiger charge is -2.10. The third-order valence-electron chi connectivity index (χ3n) is 1.63. The largest absolute Gasteiger partial charge is 0.452 e. The number of hydrogen-bond acceptors (Lipinski definition) is 5. The Kier molecular flexibility index (Phi) is 3.96. The Bertz CT molecular complexity index is 326. The number of hydrogen-bond donors (Lipinski definition) is 1. The van der Waals surface area contributed by atoms with Gasteiger partial charge in [0.25, 0.3) is 0 Å². The Morgan fingerprint density at radius 3 is 2.40 bits per heavy atom. The minimum atomic E-state index is -4.50. The van der Waals surface area contributed by atoms with Gasteiger partial charge in [-0.25, -0.2) is 4.98 Å². The zero-order chi connectivity index (χ0) is 11.6. The fraction of sp³-hybridized carbons (Fsp3) is 0.714. The lowest BCUT2D eigenvalue weighted by Crippen LogP contribution is -2.14. The van der Waals surface area contributed by atoms with Gasteiger partial charge in [0.2, 0.25) is 5.82 Å². The molecular formula is C7H9F3N2OS2. The summed E-state index contributed by atoms with van der Waals surface area (Å²) in [5, 5.41) is 8.95. The van der Waals surface area contributed by atoms with E-state index in [2.05, 4.69) is 9.36 Å². The highest BCUT2D eigenvalue weighted by Gasteiger charge is 2.36. The summed E-state index contributed by atoms with van der Waals surface area (Å²) in [6, 6.07) is 0. The van der Waals surface area contributed by atoms with Crippen molar-refractivity contribution in [2.24, 2.45) is 0 Å². The summed E-state index contributed by atoms with van der Waals surface area (Å²) < 4.78 is 39.8. The minimum Gasteiger partial charge on any atom is -0.392 e. The second kappa shape index (κ2) is 4.67. The predicted octanol–water partition coefficient (Wildman–Crippen LogP) is 2.42. The van der Waals surface area contributed by atoms with E-state index in [-0.39, 0.29) is 9.59 Å². The number of nitrogens with zero attached hydrogens (tertiary/aromatic N) is 2. The van der Waals surface area contributed by atoms with Gasteiger partial charge in [-0.15, -0.1) is 0 Å². The molecule has 0 amide bonds. The highest BCUT2D eigenvalue weighted by Crippen LogP contribution is 2.32. The van der Waals surface area contributed by atoms with Gasteiger partial charge in [-0.1, -0.05) is 18.7 Å². The topological polar surface area (TPSA) is 46.0 Å². The molecule has 2 unspecified atom stereocenters. The van der Waals surface area contributed by atoms with Gasteiger partial charge in [-0.2, -0.15) is 17.5 Å². The maximum absolute atomic E-state index is 12.1. The monoisotopic (exact) mass is 258 g/mol. The molecule has 1 N–H and O–H groups in total. The predicted molar refractivity (Wildman–Crippen MR) is 51.9 cm³/mol. The third kappa shape index (κ3) is 3.62. The van der Waals surface area contributed by atoms with E-state index in [0.29, 0.717) is 11.5 Å². The van der Waals surface area contributed by atoms with Crippen molar-refractivity contribution in [2.45, 2.75) is 35.7 Å². The average Bonchev–Trinajstić information content (AvgIpc) is 2.51. The maximum atomic E-state index is 12.1. The smallest absolute Gasteiger partial charge is 0.392 e. The highest BCUT2D eigenvalue weighted by molar-refractivity contribution is 8.01. The van der Waals surface area contributed by atoms with Crippen molar-refractivity contribution < 1.29 is 18.3 Å². The lowest BCUT2D eigenvalue weighted by atomic mass is 10.3. The Balaban J connectivity index is 2.69. The van der Waals surface area contributed by atoms with E-state index in [1.54, 1.807) is 13.8 Å². The molecule has 1 heterocycles. The maximum Gasteiger partial charge on any atom is 0.452 e. The van der Waals surface area contributed by atoms with E-state index in [1.165, 1.54) is 0 Å². The number of thioether (sulfide) groups is 1. The fourth-order valence-corrected chi connectivity index (χ4v) is 2.46. The van der Waals surface area contributed by atoms with E-state index in [9.17, 15) is 13.2 Å². The molecule has 8 heteroatoms. The molecule has 15 heavy (non-hydrogen) atoms. The first-order valence-corrected chi connectivity index (χ1v) is 5.71. The number of aliphatic hydroxyl groups excluding tert-OH is 1. The van der Waals surface area contributed by atoms with Crippen molar-refractivity contribution in [1.29, 1.82) is 0 Å². The molecule has 1 rings (SSSR count). The molecule has 0 aromatic carbocycles. The van der Waals surface area contributed by atoms with E-state index in [4.69, 9.17) is 5.11 Å². The Hall–Kier alpha value is -0.340. The molecule has 0 radical (unpaired) electrons. The van der Waals surface area contributed by atoms with E-state index in [1.807, 2.05) is 0 Å². The van der Waals surface area contributed by atoms with E-state index in [0.717, 1.165) is 11.8 Å². The fourth-order valence-electron chi connectivity index (χ4n) is 0.630. The summed E-state index contributed by atoms with van der Waals surface area (Å²) in [7, 11) is 0. The molecule has 0 fully saturated rings. The van der Waals surface area contributed by atoms with Crippen LogP contribution >= 0.6 is 23.3 Å². The van der Waals surface area contributed by atoms with Gasteiger partial charge >= 0.3 is 6.18 Å². The van der Waals surface area contributed by atoms with Gasteiger partial charge in [0.15, 0.2) is 4.34 Å². The van der Waals surface area contributed by atoms with Crippen LogP contribution in [0.5, 0.6) is 0 Å². The first-order chi connectivity index (χ1) is 6.80. The van der Waals surface area contributed by atoms with Gasteiger partial charge in [-0.05, 0) is 18.5 Å². The molecule has 1 aromatic heterocycles. The first kappa shape index (κ1) is 12.7. The van der Waals surface area contributed by atoms with Crippen LogP contribution in [0.4, 0.5) is 13.2 Å².